The number of aryl methyl sites for hydroxylation is 1. The molecular formula is C10H9NO2S. The highest BCUT2D eigenvalue weighted by atomic mass is 32.1. The highest BCUT2D eigenvalue weighted by molar-refractivity contribution is 7.17. The van der Waals surface area contributed by atoms with Crippen LogP contribution in [0, 0.1) is 6.92 Å². The summed E-state index contributed by atoms with van der Waals surface area (Å²) in [5, 5.41) is 11.3. The minimum atomic E-state index is -0.902. The Morgan fingerprint density at radius 2 is 2.21 bits per heavy atom. The number of nitrogen functional groups attached to an aromatic ring is 1. The van der Waals surface area contributed by atoms with E-state index in [0.29, 0.717) is 11.3 Å². The Balaban J connectivity index is 2.85. The van der Waals surface area contributed by atoms with Crippen LogP contribution in [-0.2, 0) is 0 Å². The monoisotopic (exact) mass is 207 g/mol. The van der Waals surface area contributed by atoms with E-state index in [0.717, 1.165) is 15.6 Å². The third-order valence-electron chi connectivity index (χ3n) is 2.11. The van der Waals surface area contributed by atoms with Gasteiger partial charge >= 0.3 is 5.97 Å². The molecule has 14 heavy (non-hydrogen) atoms. The van der Waals surface area contributed by atoms with Crippen LogP contribution in [0.3, 0.4) is 0 Å². The number of nitrogens with two attached hydrogens (primary N) is 1. The molecule has 1 aromatic carbocycles. The molecule has 4 heteroatoms. The van der Waals surface area contributed by atoms with Gasteiger partial charge in [0.2, 0.25) is 0 Å². The zero-order valence-corrected chi connectivity index (χ0v) is 8.39. The smallest absolute Gasteiger partial charge is 0.337 e. The summed E-state index contributed by atoms with van der Waals surface area (Å²) in [6, 6.07) is 3.56. The minimum Gasteiger partial charge on any atom is -0.478 e. The van der Waals surface area contributed by atoms with Gasteiger partial charge in [-0.05, 0) is 24.6 Å². The standard InChI is InChI=1S/C10H9NO2S/c1-5-2-6(11)3-7-8(10(12)13)4-14-9(5)7/h2-4H,11H2,1H3,(H,12,13). The van der Waals surface area contributed by atoms with E-state index < -0.39 is 5.97 Å². The van der Waals surface area contributed by atoms with Gasteiger partial charge in [-0.15, -0.1) is 11.3 Å². The lowest BCUT2D eigenvalue weighted by Crippen LogP contribution is -1.94. The van der Waals surface area contributed by atoms with Gasteiger partial charge in [-0.25, -0.2) is 4.79 Å². The van der Waals surface area contributed by atoms with E-state index in [-0.39, 0.29) is 0 Å². The summed E-state index contributed by atoms with van der Waals surface area (Å²) in [5.41, 5.74) is 7.63. The Hall–Kier alpha value is -1.55. The third kappa shape index (κ3) is 1.24. The van der Waals surface area contributed by atoms with E-state index in [2.05, 4.69) is 0 Å². The van der Waals surface area contributed by atoms with Gasteiger partial charge < -0.3 is 10.8 Å². The van der Waals surface area contributed by atoms with Crippen LogP contribution >= 0.6 is 11.3 Å². The number of carboxylic acid groups (broad SMARTS) is 1. The maximum Gasteiger partial charge on any atom is 0.337 e. The van der Waals surface area contributed by atoms with Crippen LogP contribution in [0.25, 0.3) is 10.1 Å². The number of fused-ring (bicyclic) bond motifs is 1. The number of benzene rings is 1. The number of carbonyl (C=O) groups is 1. The number of rotatable bonds is 1. The van der Waals surface area contributed by atoms with Gasteiger partial charge in [0.1, 0.15) is 0 Å². The quantitative estimate of drug-likeness (QED) is 0.706. The second-order valence-electron chi connectivity index (χ2n) is 3.17. The van der Waals surface area contributed by atoms with Gasteiger partial charge in [0.05, 0.1) is 5.56 Å². The van der Waals surface area contributed by atoms with Crippen molar-refractivity contribution in [3.8, 4) is 0 Å². The van der Waals surface area contributed by atoms with Crippen molar-refractivity contribution in [2.75, 3.05) is 5.73 Å². The summed E-state index contributed by atoms with van der Waals surface area (Å²) in [7, 11) is 0. The Kier molecular flexibility index (Phi) is 1.93. The molecule has 0 amide bonds. The molecule has 0 bridgehead atoms. The van der Waals surface area contributed by atoms with E-state index in [1.807, 2.05) is 13.0 Å². The molecular weight excluding hydrogens is 198 g/mol. The van der Waals surface area contributed by atoms with Gasteiger partial charge in [-0.3, -0.25) is 0 Å². The van der Waals surface area contributed by atoms with Crippen LogP contribution in [0.1, 0.15) is 15.9 Å². The summed E-state index contributed by atoms with van der Waals surface area (Å²) in [5.74, 6) is -0.902. The Labute approximate surface area is 84.8 Å². The molecule has 3 nitrogen and oxygen atoms in total. The molecule has 0 unspecified atom stereocenters. The highest BCUT2D eigenvalue weighted by Crippen LogP contribution is 2.30. The van der Waals surface area contributed by atoms with E-state index in [1.165, 1.54) is 11.3 Å². The highest BCUT2D eigenvalue weighted by Gasteiger charge is 2.12. The molecule has 0 saturated carbocycles. The predicted molar refractivity (Wildman–Crippen MR) is 57.9 cm³/mol. The average Bonchev–Trinajstić information content (AvgIpc) is 2.47. The third-order valence-corrected chi connectivity index (χ3v) is 3.24. The lowest BCUT2D eigenvalue weighted by atomic mass is 10.1. The van der Waals surface area contributed by atoms with Crippen molar-refractivity contribution in [3.63, 3.8) is 0 Å². The first kappa shape index (κ1) is 9.02. The summed E-state index contributed by atoms with van der Waals surface area (Å²) in [6.07, 6.45) is 0. The number of hydrogen-bond donors (Lipinski definition) is 2. The number of aromatic carboxylic acids is 1. The molecule has 0 aliphatic carbocycles. The molecule has 0 fully saturated rings. The predicted octanol–water partition coefficient (Wildman–Crippen LogP) is 2.49. The van der Waals surface area contributed by atoms with Crippen molar-refractivity contribution in [1.82, 2.24) is 0 Å². The van der Waals surface area contributed by atoms with Crippen LogP contribution in [0.15, 0.2) is 17.5 Å². The minimum absolute atomic E-state index is 0.334. The fraction of sp³-hybridized carbons (Fsp3) is 0.100. The Morgan fingerprint density at radius 3 is 2.86 bits per heavy atom. The van der Waals surface area contributed by atoms with Gasteiger partial charge in [0, 0.05) is 21.2 Å². The maximum absolute atomic E-state index is 10.9. The van der Waals surface area contributed by atoms with E-state index in [4.69, 9.17) is 10.8 Å². The van der Waals surface area contributed by atoms with Gasteiger partial charge in [-0.1, -0.05) is 0 Å². The molecule has 0 radical (unpaired) electrons. The summed E-state index contributed by atoms with van der Waals surface area (Å²) in [6.45, 7) is 1.93. The summed E-state index contributed by atoms with van der Waals surface area (Å²) in [4.78, 5) is 10.9. The first-order chi connectivity index (χ1) is 6.59. The zero-order valence-electron chi connectivity index (χ0n) is 7.57. The van der Waals surface area contributed by atoms with Crippen LogP contribution in [0.4, 0.5) is 5.69 Å². The van der Waals surface area contributed by atoms with Crippen molar-refractivity contribution in [2.45, 2.75) is 6.92 Å². The molecule has 2 aromatic rings. The molecule has 1 heterocycles. The largest absolute Gasteiger partial charge is 0.478 e. The molecule has 72 valence electrons. The van der Waals surface area contributed by atoms with Crippen LogP contribution < -0.4 is 5.73 Å². The Morgan fingerprint density at radius 1 is 1.50 bits per heavy atom. The van der Waals surface area contributed by atoms with Crippen LogP contribution in [0.2, 0.25) is 0 Å². The van der Waals surface area contributed by atoms with E-state index in [1.54, 1.807) is 11.4 Å². The lowest BCUT2D eigenvalue weighted by Gasteiger charge is -1.99. The summed E-state index contributed by atoms with van der Waals surface area (Å²) < 4.78 is 0.997. The lowest BCUT2D eigenvalue weighted by molar-refractivity contribution is 0.0699. The zero-order chi connectivity index (χ0) is 10.3. The molecule has 0 atom stereocenters. The topological polar surface area (TPSA) is 63.3 Å². The van der Waals surface area contributed by atoms with Crippen LogP contribution in [0.5, 0.6) is 0 Å². The van der Waals surface area contributed by atoms with Crippen molar-refractivity contribution in [2.24, 2.45) is 0 Å². The van der Waals surface area contributed by atoms with Crippen molar-refractivity contribution >= 4 is 33.1 Å². The number of carboxylic acids is 1. The van der Waals surface area contributed by atoms with Crippen LogP contribution in [-0.4, -0.2) is 11.1 Å². The SMILES string of the molecule is Cc1cc(N)cc2c(C(=O)O)csc12. The molecule has 0 aliphatic rings. The Bertz CT molecular complexity index is 516. The summed E-state index contributed by atoms with van der Waals surface area (Å²) >= 11 is 1.44. The number of thiophene rings is 1. The maximum atomic E-state index is 10.9. The van der Waals surface area contributed by atoms with E-state index >= 15 is 0 Å². The second kappa shape index (κ2) is 2.99. The molecule has 0 aliphatic heterocycles. The molecule has 2 rings (SSSR count). The fourth-order valence-electron chi connectivity index (χ4n) is 1.51. The van der Waals surface area contributed by atoms with Gasteiger partial charge in [0.15, 0.2) is 0 Å². The molecule has 0 saturated heterocycles. The van der Waals surface area contributed by atoms with Crippen molar-refractivity contribution in [3.05, 3.63) is 28.6 Å². The molecule has 0 spiro atoms. The fourth-order valence-corrected chi connectivity index (χ4v) is 2.51. The first-order valence-electron chi connectivity index (χ1n) is 4.10. The average molecular weight is 207 g/mol. The van der Waals surface area contributed by atoms with Crippen molar-refractivity contribution in [1.29, 1.82) is 0 Å². The van der Waals surface area contributed by atoms with Crippen molar-refractivity contribution < 1.29 is 9.90 Å². The van der Waals surface area contributed by atoms with E-state index in [9.17, 15) is 4.79 Å². The molecule has 3 N–H and O–H groups in total. The van der Waals surface area contributed by atoms with Gasteiger partial charge in [-0.2, -0.15) is 0 Å². The normalized spacial score (nSPS) is 10.6. The first-order valence-corrected chi connectivity index (χ1v) is 4.98. The second-order valence-corrected chi connectivity index (χ2v) is 4.05. The number of anilines is 1. The van der Waals surface area contributed by atoms with Gasteiger partial charge in [0.25, 0.3) is 0 Å². The number of hydrogen-bond acceptors (Lipinski definition) is 3. The molecule has 1 aromatic heterocycles.